The molecule has 1 aromatic rings. The van der Waals surface area contributed by atoms with Gasteiger partial charge in [0, 0.05) is 24.0 Å². The van der Waals surface area contributed by atoms with Gasteiger partial charge in [0.2, 0.25) is 0 Å². The van der Waals surface area contributed by atoms with Crippen molar-refractivity contribution in [1.82, 2.24) is 10.6 Å². The predicted molar refractivity (Wildman–Crippen MR) is 59.6 cm³/mol. The van der Waals surface area contributed by atoms with Gasteiger partial charge >= 0.3 is 0 Å². The van der Waals surface area contributed by atoms with Crippen LogP contribution in [0.5, 0.6) is 0 Å². The molecule has 0 radical (unpaired) electrons. The van der Waals surface area contributed by atoms with E-state index in [4.69, 9.17) is 11.6 Å². The van der Waals surface area contributed by atoms with E-state index in [9.17, 15) is 0 Å². The molecule has 1 atom stereocenters. The Morgan fingerprint density at radius 1 is 1.62 bits per heavy atom. The van der Waals surface area contributed by atoms with E-state index in [1.54, 1.807) is 11.3 Å². The lowest BCUT2D eigenvalue weighted by molar-refractivity contribution is 0.526. The summed E-state index contributed by atoms with van der Waals surface area (Å²) in [5.41, 5.74) is 0. The standard InChI is InChI=1S/C9H15ClN2S/c1-7(5-11-2)12-6-9-8(10)3-4-13-9/h3-4,7,11-12H,5-6H2,1-2H3. The second-order valence-electron chi connectivity index (χ2n) is 3.03. The molecule has 0 fully saturated rings. The van der Waals surface area contributed by atoms with E-state index in [1.165, 1.54) is 4.88 Å². The van der Waals surface area contributed by atoms with Gasteiger partial charge in [-0.1, -0.05) is 11.6 Å². The van der Waals surface area contributed by atoms with Crippen LogP contribution in [0.3, 0.4) is 0 Å². The zero-order chi connectivity index (χ0) is 9.68. The van der Waals surface area contributed by atoms with Crippen LogP contribution in [0.15, 0.2) is 11.4 Å². The van der Waals surface area contributed by atoms with E-state index in [-0.39, 0.29) is 0 Å². The van der Waals surface area contributed by atoms with Gasteiger partial charge in [-0.25, -0.2) is 0 Å². The maximum atomic E-state index is 5.96. The van der Waals surface area contributed by atoms with Crippen LogP contribution in [0, 0.1) is 0 Å². The van der Waals surface area contributed by atoms with Gasteiger partial charge in [0.15, 0.2) is 0 Å². The normalized spacial score (nSPS) is 13.2. The maximum absolute atomic E-state index is 5.96. The zero-order valence-corrected chi connectivity index (χ0v) is 9.50. The fourth-order valence-corrected chi connectivity index (χ4v) is 2.15. The monoisotopic (exact) mass is 218 g/mol. The molecular formula is C9H15ClN2S. The van der Waals surface area contributed by atoms with Crippen molar-refractivity contribution in [2.45, 2.75) is 19.5 Å². The van der Waals surface area contributed by atoms with E-state index >= 15 is 0 Å². The number of nitrogens with one attached hydrogen (secondary N) is 2. The minimum Gasteiger partial charge on any atom is -0.318 e. The van der Waals surface area contributed by atoms with Gasteiger partial charge in [-0.15, -0.1) is 11.3 Å². The Bertz CT molecular complexity index is 250. The van der Waals surface area contributed by atoms with Crippen molar-refractivity contribution in [3.8, 4) is 0 Å². The summed E-state index contributed by atoms with van der Waals surface area (Å²) in [6, 6.07) is 2.41. The number of halogens is 1. The maximum Gasteiger partial charge on any atom is 0.0558 e. The topological polar surface area (TPSA) is 24.1 Å². The molecule has 0 saturated heterocycles. The van der Waals surface area contributed by atoms with Crippen molar-refractivity contribution in [2.24, 2.45) is 0 Å². The largest absolute Gasteiger partial charge is 0.318 e. The molecule has 1 rings (SSSR count). The molecule has 0 aromatic carbocycles. The zero-order valence-electron chi connectivity index (χ0n) is 7.93. The van der Waals surface area contributed by atoms with Gasteiger partial charge in [0.1, 0.15) is 0 Å². The Labute approximate surface area is 88.3 Å². The molecule has 2 nitrogen and oxygen atoms in total. The quantitative estimate of drug-likeness (QED) is 0.791. The molecule has 0 saturated carbocycles. The number of likely N-dealkylation sites (N-methyl/N-ethyl adjacent to an activating group) is 1. The minimum absolute atomic E-state index is 0.475. The van der Waals surface area contributed by atoms with E-state index < -0.39 is 0 Å². The number of hydrogen-bond donors (Lipinski definition) is 2. The Hall–Kier alpha value is -0.0900. The second kappa shape index (κ2) is 5.60. The molecular weight excluding hydrogens is 204 g/mol. The van der Waals surface area contributed by atoms with Crippen molar-refractivity contribution in [3.05, 3.63) is 21.3 Å². The molecule has 1 heterocycles. The Kier molecular flexibility index (Phi) is 4.73. The first-order valence-electron chi connectivity index (χ1n) is 4.34. The number of thiophene rings is 1. The first-order chi connectivity index (χ1) is 6.24. The SMILES string of the molecule is CNCC(C)NCc1sccc1Cl. The molecule has 0 aliphatic rings. The first-order valence-corrected chi connectivity index (χ1v) is 5.59. The predicted octanol–water partition coefficient (Wildman–Crippen LogP) is 2.10. The van der Waals surface area contributed by atoms with Gasteiger partial charge in [-0.2, -0.15) is 0 Å². The Balaban J connectivity index is 2.30. The average Bonchev–Trinajstić information content (AvgIpc) is 2.48. The van der Waals surface area contributed by atoms with Crippen LogP contribution >= 0.6 is 22.9 Å². The van der Waals surface area contributed by atoms with Crippen LogP contribution in [0.25, 0.3) is 0 Å². The van der Waals surface area contributed by atoms with Crippen molar-refractivity contribution in [1.29, 1.82) is 0 Å². The summed E-state index contributed by atoms with van der Waals surface area (Å²) in [5, 5.41) is 9.40. The number of rotatable bonds is 5. The molecule has 0 amide bonds. The van der Waals surface area contributed by atoms with Gasteiger partial charge in [0.25, 0.3) is 0 Å². The summed E-state index contributed by atoms with van der Waals surface area (Å²) in [7, 11) is 1.95. The second-order valence-corrected chi connectivity index (χ2v) is 4.44. The highest BCUT2D eigenvalue weighted by atomic mass is 35.5. The van der Waals surface area contributed by atoms with Crippen LogP contribution in [-0.2, 0) is 6.54 Å². The molecule has 0 aliphatic heterocycles. The average molecular weight is 219 g/mol. The molecule has 0 spiro atoms. The highest BCUT2D eigenvalue weighted by molar-refractivity contribution is 7.10. The van der Waals surface area contributed by atoms with E-state index in [0.29, 0.717) is 6.04 Å². The van der Waals surface area contributed by atoms with Crippen LogP contribution in [0.2, 0.25) is 5.02 Å². The lowest BCUT2D eigenvalue weighted by atomic mass is 10.3. The van der Waals surface area contributed by atoms with Gasteiger partial charge < -0.3 is 10.6 Å². The molecule has 2 N–H and O–H groups in total. The summed E-state index contributed by atoms with van der Waals surface area (Å²) in [6.45, 7) is 3.99. The highest BCUT2D eigenvalue weighted by Gasteiger charge is 2.03. The molecule has 1 aromatic heterocycles. The van der Waals surface area contributed by atoms with Crippen molar-refractivity contribution in [2.75, 3.05) is 13.6 Å². The summed E-state index contributed by atoms with van der Waals surface area (Å²) in [6.07, 6.45) is 0. The minimum atomic E-state index is 0.475. The van der Waals surface area contributed by atoms with Crippen LogP contribution in [0.4, 0.5) is 0 Å². The van der Waals surface area contributed by atoms with Crippen molar-refractivity contribution >= 4 is 22.9 Å². The first kappa shape index (κ1) is 11.0. The Morgan fingerprint density at radius 3 is 2.92 bits per heavy atom. The van der Waals surface area contributed by atoms with Crippen molar-refractivity contribution < 1.29 is 0 Å². The lowest BCUT2D eigenvalue weighted by Gasteiger charge is -2.12. The van der Waals surface area contributed by atoms with Gasteiger partial charge in [-0.3, -0.25) is 0 Å². The molecule has 0 bridgehead atoms. The fourth-order valence-electron chi connectivity index (χ4n) is 1.10. The summed E-state index contributed by atoms with van der Waals surface area (Å²) in [4.78, 5) is 1.21. The van der Waals surface area contributed by atoms with E-state index in [1.807, 2.05) is 18.5 Å². The Morgan fingerprint density at radius 2 is 2.38 bits per heavy atom. The van der Waals surface area contributed by atoms with Crippen molar-refractivity contribution in [3.63, 3.8) is 0 Å². The number of hydrogen-bond acceptors (Lipinski definition) is 3. The fraction of sp³-hybridized carbons (Fsp3) is 0.556. The third-order valence-corrected chi connectivity index (χ3v) is 3.20. The van der Waals surface area contributed by atoms with E-state index in [2.05, 4.69) is 17.6 Å². The van der Waals surface area contributed by atoms with Crippen LogP contribution < -0.4 is 10.6 Å². The molecule has 1 unspecified atom stereocenters. The molecule has 0 aliphatic carbocycles. The summed E-state index contributed by atoms with van der Waals surface area (Å²) >= 11 is 7.65. The molecule has 74 valence electrons. The lowest BCUT2D eigenvalue weighted by Crippen LogP contribution is -2.34. The third-order valence-electron chi connectivity index (χ3n) is 1.81. The van der Waals surface area contributed by atoms with Crippen LogP contribution in [0.1, 0.15) is 11.8 Å². The third kappa shape index (κ3) is 3.65. The van der Waals surface area contributed by atoms with Gasteiger partial charge in [-0.05, 0) is 25.4 Å². The smallest absolute Gasteiger partial charge is 0.0558 e. The summed E-state index contributed by atoms with van der Waals surface area (Å²) in [5.74, 6) is 0. The van der Waals surface area contributed by atoms with Gasteiger partial charge in [0.05, 0.1) is 5.02 Å². The summed E-state index contributed by atoms with van der Waals surface area (Å²) < 4.78 is 0. The van der Waals surface area contributed by atoms with Crippen LogP contribution in [-0.4, -0.2) is 19.6 Å². The molecule has 4 heteroatoms. The molecule has 13 heavy (non-hydrogen) atoms. The van der Waals surface area contributed by atoms with E-state index in [0.717, 1.165) is 18.1 Å². The highest BCUT2D eigenvalue weighted by Crippen LogP contribution is 2.21.